The van der Waals surface area contributed by atoms with E-state index < -0.39 is 6.10 Å². The minimum absolute atomic E-state index is 0.100. The molecule has 0 aliphatic heterocycles. The average Bonchev–Trinajstić information content (AvgIpc) is 3.28. The maximum Gasteiger partial charge on any atom is 0.306 e. The number of rotatable bonds is 46. The average molecular weight is 877 g/mol. The molecule has 0 fully saturated rings. The maximum absolute atomic E-state index is 12.8. The van der Waals surface area contributed by atoms with E-state index in [1.165, 1.54) is 96.3 Å². The molecule has 0 aliphatic carbocycles. The summed E-state index contributed by atoms with van der Waals surface area (Å²) < 4.78 is 16.7. The van der Waals surface area contributed by atoms with E-state index in [2.05, 4.69) is 106 Å². The molecule has 360 valence electrons. The van der Waals surface area contributed by atoms with Gasteiger partial charge in [0.15, 0.2) is 6.10 Å². The van der Waals surface area contributed by atoms with Crippen LogP contribution in [-0.2, 0) is 28.6 Å². The van der Waals surface area contributed by atoms with Crippen molar-refractivity contribution in [3.63, 3.8) is 0 Å². The van der Waals surface area contributed by atoms with E-state index in [0.717, 1.165) is 96.3 Å². The van der Waals surface area contributed by atoms with Gasteiger partial charge >= 0.3 is 17.9 Å². The second-order valence-electron chi connectivity index (χ2n) is 17.0. The van der Waals surface area contributed by atoms with Gasteiger partial charge in [-0.1, -0.05) is 202 Å². The highest BCUT2D eigenvalue weighted by molar-refractivity contribution is 5.71. The van der Waals surface area contributed by atoms with Gasteiger partial charge in [0.1, 0.15) is 13.2 Å². The molecular formula is C57H96O6. The molecule has 0 aliphatic rings. The molecule has 0 bridgehead atoms. The van der Waals surface area contributed by atoms with Crippen LogP contribution in [0.5, 0.6) is 0 Å². The van der Waals surface area contributed by atoms with Gasteiger partial charge in [-0.3, -0.25) is 14.4 Å². The minimum atomic E-state index is -0.804. The highest BCUT2D eigenvalue weighted by atomic mass is 16.6. The number of hydrogen-bond donors (Lipinski definition) is 0. The molecule has 0 rings (SSSR count). The first-order valence-corrected chi connectivity index (χ1v) is 26.1. The molecule has 0 aromatic carbocycles. The lowest BCUT2D eigenvalue weighted by Crippen LogP contribution is -2.30. The van der Waals surface area contributed by atoms with Crippen molar-refractivity contribution in [1.82, 2.24) is 0 Å². The number of carbonyl (C=O) groups excluding carboxylic acids is 3. The van der Waals surface area contributed by atoms with Crippen LogP contribution in [-0.4, -0.2) is 37.2 Å². The predicted octanol–water partition coefficient (Wildman–Crippen LogP) is 17.2. The Kier molecular flexibility index (Phi) is 48.5. The lowest BCUT2D eigenvalue weighted by molar-refractivity contribution is -0.167. The van der Waals surface area contributed by atoms with E-state index in [0.29, 0.717) is 19.3 Å². The van der Waals surface area contributed by atoms with Crippen molar-refractivity contribution >= 4 is 17.9 Å². The highest BCUT2D eigenvalue weighted by Crippen LogP contribution is 2.14. The Hall–Kier alpha value is -3.41. The Morgan fingerprint density at radius 1 is 0.333 bits per heavy atom. The van der Waals surface area contributed by atoms with E-state index in [1.807, 2.05) is 0 Å². The SMILES string of the molecule is CC/C=C\C/C=C\CCCCCCCCCC(=O)OCC(COC(=O)CCC/C=C\C/C=C\C/C=C\CCCCCCCC)OC(=O)CCCCCCCCC/C=C\C/C=C\CC. The zero-order valence-electron chi connectivity index (χ0n) is 41.1. The topological polar surface area (TPSA) is 78.9 Å². The third kappa shape index (κ3) is 49.5. The van der Waals surface area contributed by atoms with Gasteiger partial charge in [-0.15, -0.1) is 0 Å². The van der Waals surface area contributed by atoms with E-state index in [1.54, 1.807) is 0 Å². The number of esters is 3. The zero-order valence-corrected chi connectivity index (χ0v) is 41.1. The largest absolute Gasteiger partial charge is 0.462 e. The van der Waals surface area contributed by atoms with Crippen molar-refractivity contribution in [2.24, 2.45) is 0 Å². The Morgan fingerprint density at radius 2 is 0.635 bits per heavy atom. The molecule has 0 N–H and O–H groups in total. The molecule has 0 radical (unpaired) electrons. The number of hydrogen-bond acceptors (Lipinski definition) is 6. The molecule has 6 nitrogen and oxygen atoms in total. The lowest BCUT2D eigenvalue weighted by atomic mass is 10.1. The van der Waals surface area contributed by atoms with Crippen molar-refractivity contribution in [2.75, 3.05) is 13.2 Å². The third-order valence-corrected chi connectivity index (χ3v) is 10.9. The number of carbonyl (C=O) groups is 3. The standard InChI is InChI=1S/C57H96O6/c1-4-7-10-13-16-19-22-25-28-29-30-33-35-38-41-44-47-50-56(59)62-53-54(63-57(60)51-48-45-42-39-36-32-27-24-21-18-15-12-9-6-3)52-61-55(58)49-46-43-40-37-34-31-26-23-20-17-14-11-8-5-2/h8-9,11-12,17-18,20-21,25,28,30,33,38,41,54H,4-7,10,13-16,19,22-24,26-27,29,31-32,34-37,39-40,42-53H2,1-3H3/b11-8-,12-9-,20-17-,21-18-,28-25-,33-30-,41-38-. The van der Waals surface area contributed by atoms with Crippen LogP contribution in [0, 0.1) is 0 Å². The van der Waals surface area contributed by atoms with Crippen molar-refractivity contribution < 1.29 is 28.6 Å². The molecule has 0 aromatic rings. The summed E-state index contributed by atoms with van der Waals surface area (Å²) >= 11 is 0. The molecule has 0 heterocycles. The van der Waals surface area contributed by atoms with Gasteiger partial charge in [-0.25, -0.2) is 0 Å². The van der Waals surface area contributed by atoms with Crippen molar-refractivity contribution in [3.05, 3.63) is 85.1 Å². The van der Waals surface area contributed by atoms with Crippen LogP contribution in [0.2, 0.25) is 0 Å². The molecule has 0 spiro atoms. The quantitative estimate of drug-likeness (QED) is 0.0262. The Bertz CT molecular complexity index is 1240. The van der Waals surface area contributed by atoms with Crippen molar-refractivity contribution in [1.29, 1.82) is 0 Å². The molecule has 0 saturated heterocycles. The fourth-order valence-electron chi connectivity index (χ4n) is 7.00. The van der Waals surface area contributed by atoms with E-state index in [-0.39, 0.29) is 37.5 Å². The summed E-state index contributed by atoms with van der Waals surface area (Å²) in [7, 11) is 0. The first-order valence-electron chi connectivity index (χ1n) is 26.1. The van der Waals surface area contributed by atoms with Crippen LogP contribution in [0.3, 0.4) is 0 Å². The normalized spacial score (nSPS) is 12.7. The van der Waals surface area contributed by atoms with Crippen LogP contribution < -0.4 is 0 Å². The maximum atomic E-state index is 12.8. The third-order valence-electron chi connectivity index (χ3n) is 10.9. The molecule has 0 amide bonds. The molecule has 1 unspecified atom stereocenters. The summed E-state index contributed by atoms with van der Waals surface area (Å²) in [5.74, 6) is -0.972. The summed E-state index contributed by atoms with van der Waals surface area (Å²) in [6, 6.07) is 0. The summed E-state index contributed by atoms with van der Waals surface area (Å²) in [4.78, 5) is 38.0. The summed E-state index contributed by atoms with van der Waals surface area (Å²) in [5, 5.41) is 0. The smallest absolute Gasteiger partial charge is 0.306 e. The van der Waals surface area contributed by atoms with Crippen LogP contribution in [0.25, 0.3) is 0 Å². The summed E-state index contributed by atoms with van der Waals surface area (Å²) in [5.41, 5.74) is 0. The van der Waals surface area contributed by atoms with Gasteiger partial charge in [0.2, 0.25) is 0 Å². The van der Waals surface area contributed by atoms with Crippen LogP contribution in [0.4, 0.5) is 0 Å². The van der Waals surface area contributed by atoms with Crippen LogP contribution >= 0.6 is 0 Å². The fourth-order valence-corrected chi connectivity index (χ4v) is 7.00. The minimum Gasteiger partial charge on any atom is -0.462 e. The Morgan fingerprint density at radius 3 is 1.03 bits per heavy atom. The van der Waals surface area contributed by atoms with Gasteiger partial charge in [-0.05, 0) is 103 Å². The van der Waals surface area contributed by atoms with E-state index in [4.69, 9.17) is 14.2 Å². The second-order valence-corrected chi connectivity index (χ2v) is 17.0. The van der Waals surface area contributed by atoms with Crippen molar-refractivity contribution in [3.8, 4) is 0 Å². The van der Waals surface area contributed by atoms with Gasteiger partial charge in [0.05, 0.1) is 0 Å². The Labute approximate surface area is 388 Å². The monoisotopic (exact) mass is 877 g/mol. The highest BCUT2D eigenvalue weighted by Gasteiger charge is 2.19. The zero-order chi connectivity index (χ0) is 45.8. The van der Waals surface area contributed by atoms with Gasteiger partial charge in [-0.2, -0.15) is 0 Å². The summed E-state index contributed by atoms with van der Waals surface area (Å²) in [6.45, 7) is 6.36. The summed E-state index contributed by atoms with van der Waals surface area (Å²) in [6.07, 6.45) is 65.7. The molecular weight excluding hydrogens is 781 g/mol. The second kappa shape index (κ2) is 51.2. The lowest BCUT2D eigenvalue weighted by Gasteiger charge is -2.18. The first-order chi connectivity index (χ1) is 31.0. The van der Waals surface area contributed by atoms with Crippen LogP contribution in [0.15, 0.2) is 85.1 Å². The molecule has 1 atom stereocenters. The number of allylic oxidation sites excluding steroid dienone is 14. The molecule has 6 heteroatoms. The van der Waals surface area contributed by atoms with Gasteiger partial charge < -0.3 is 14.2 Å². The van der Waals surface area contributed by atoms with E-state index >= 15 is 0 Å². The van der Waals surface area contributed by atoms with E-state index in [9.17, 15) is 14.4 Å². The molecule has 0 aromatic heterocycles. The molecule has 63 heavy (non-hydrogen) atoms. The first kappa shape index (κ1) is 59.6. The predicted molar refractivity (Wildman–Crippen MR) is 270 cm³/mol. The van der Waals surface area contributed by atoms with Gasteiger partial charge in [0, 0.05) is 19.3 Å². The Balaban J connectivity index is 4.48. The fraction of sp³-hybridized carbons (Fsp3) is 0.702. The number of unbranched alkanes of at least 4 members (excludes halogenated alkanes) is 21. The van der Waals surface area contributed by atoms with Crippen molar-refractivity contribution in [2.45, 2.75) is 245 Å². The van der Waals surface area contributed by atoms with Crippen LogP contribution in [0.1, 0.15) is 239 Å². The molecule has 0 saturated carbocycles. The van der Waals surface area contributed by atoms with Gasteiger partial charge in [0.25, 0.3) is 0 Å². The number of ether oxygens (including phenoxy) is 3.